The highest BCUT2D eigenvalue weighted by Gasteiger charge is 2.41. The van der Waals surface area contributed by atoms with Crippen molar-refractivity contribution in [1.82, 2.24) is 14.7 Å². The van der Waals surface area contributed by atoms with E-state index in [-0.39, 0.29) is 48.7 Å². The predicted molar refractivity (Wildman–Crippen MR) is 109 cm³/mol. The zero-order valence-electron chi connectivity index (χ0n) is 18.1. The number of hydrogen-bond acceptors (Lipinski definition) is 4. The fourth-order valence-corrected chi connectivity index (χ4v) is 4.35. The van der Waals surface area contributed by atoms with Crippen molar-refractivity contribution in [2.45, 2.75) is 58.3 Å². The van der Waals surface area contributed by atoms with E-state index in [0.29, 0.717) is 24.5 Å². The molecule has 3 heterocycles. The van der Waals surface area contributed by atoms with Crippen molar-refractivity contribution in [2.24, 2.45) is 5.92 Å². The first-order valence-electron chi connectivity index (χ1n) is 10.5. The lowest BCUT2D eigenvalue weighted by Gasteiger charge is -2.35. The lowest BCUT2D eigenvalue weighted by Crippen LogP contribution is -2.46. The number of nitrogens with zero attached hydrogens (tertiary/aromatic N) is 4. The Labute approximate surface area is 183 Å². The van der Waals surface area contributed by atoms with Crippen molar-refractivity contribution < 1.29 is 27.9 Å². The molecule has 0 radical (unpaired) electrons. The molecule has 2 aromatic rings. The van der Waals surface area contributed by atoms with Crippen LogP contribution in [0.2, 0.25) is 0 Å². The zero-order valence-corrected chi connectivity index (χ0v) is 18.1. The van der Waals surface area contributed by atoms with Crippen LogP contribution >= 0.6 is 0 Å². The summed E-state index contributed by atoms with van der Waals surface area (Å²) in [6.07, 6.45) is 1.52. The van der Waals surface area contributed by atoms with E-state index >= 15 is 0 Å². The summed E-state index contributed by atoms with van der Waals surface area (Å²) in [7, 11) is 0. The van der Waals surface area contributed by atoms with E-state index < -0.39 is 23.1 Å². The van der Waals surface area contributed by atoms with Gasteiger partial charge in [0.2, 0.25) is 11.8 Å². The molecule has 0 bridgehead atoms. The largest absolute Gasteiger partial charge is 0.390 e. The Kier molecular flexibility index (Phi) is 5.52. The first-order valence-corrected chi connectivity index (χ1v) is 10.5. The molecule has 7 nitrogen and oxygen atoms in total. The summed E-state index contributed by atoms with van der Waals surface area (Å²) < 4.78 is 42.0. The molecule has 1 aromatic carbocycles. The van der Waals surface area contributed by atoms with Crippen LogP contribution in [0.4, 0.5) is 18.9 Å². The Balaban J connectivity index is 1.55. The number of halogens is 3. The molecule has 172 valence electrons. The van der Waals surface area contributed by atoms with Gasteiger partial charge in [0.25, 0.3) is 0 Å². The first-order chi connectivity index (χ1) is 15.0. The molecule has 1 aromatic heterocycles. The van der Waals surface area contributed by atoms with E-state index in [9.17, 15) is 27.9 Å². The van der Waals surface area contributed by atoms with Gasteiger partial charge in [-0.1, -0.05) is 0 Å². The van der Waals surface area contributed by atoms with Gasteiger partial charge >= 0.3 is 0 Å². The Morgan fingerprint density at radius 2 is 1.88 bits per heavy atom. The van der Waals surface area contributed by atoms with E-state index in [2.05, 4.69) is 5.10 Å². The van der Waals surface area contributed by atoms with Crippen molar-refractivity contribution in [3.8, 4) is 0 Å². The smallest absolute Gasteiger partial charge is 0.227 e. The molecule has 2 aliphatic rings. The second-order valence-corrected chi connectivity index (χ2v) is 9.14. The van der Waals surface area contributed by atoms with Crippen molar-refractivity contribution in [2.75, 3.05) is 11.4 Å². The van der Waals surface area contributed by atoms with E-state index in [1.165, 1.54) is 0 Å². The SMILES string of the molecule is C[C@H]1Cn2ncc(N3CC(C(C)(C)O)CC3=O)c2CN1C(=O)Cc1cc(F)c(F)c(F)c1. The monoisotopic (exact) mass is 450 g/mol. The fraction of sp³-hybridized carbons (Fsp3) is 0.500. The quantitative estimate of drug-likeness (QED) is 0.726. The van der Waals surface area contributed by atoms with Gasteiger partial charge in [0, 0.05) is 24.9 Å². The van der Waals surface area contributed by atoms with Gasteiger partial charge in [-0.2, -0.15) is 5.10 Å². The summed E-state index contributed by atoms with van der Waals surface area (Å²) in [5.41, 5.74) is 0.303. The fourth-order valence-electron chi connectivity index (χ4n) is 4.35. The molecule has 0 spiro atoms. The van der Waals surface area contributed by atoms with Crippen LogP contribution in [0.25, 0.3) is 0 Å². The van der Waals surface area contributed by atoms with Gasteiger partial charge in [-0.25, -0.2) is 13.2 Å². The molecule has 10 heteroatoms. The first kappa shape index (κ1) is 22.3. The van der Waals surface area contributed by atoms with Crippen LogP contribution in [0.1, 0.15) is 38.4 Å². The third kappa shape index (κ3) is 3.99. The maximum atomic E-state index is 13.5. The molecular weight excluding hydrogens is 425 g/mol. The summed E-state index contributed by atoms with van der Waals surface area (Å²) in [6.45, 7) is 6.08. The number of carbonyl (C=O) groups is 2. The molecule has 0 saturated carbocycles. The Morgan fingerprint density at radius 1 is 1.22 bits per heavy atom. The summed E-state index contributed by atoms with van der Waals surface area (Å²) in [4.78, 5) is 28.7. The number of aromatic nitrogens is 2. The average molecular weight is 450 g/mol. The van der Waals surface area contributed by atoms with Gasteiger partial charge < -0.3 is 14.9 Å². The van der Waals surface area contributed by atoms with Gasteiger partial charge in [0.15, 0.2) is 17.5 Å². The molecular formula is C22H25F3N4O3. The summed E-state index contributed by atoms with van der Waals surface area (Å²) >= 11 is 0. The summed E-state index contributed by atoms with van der Waals surface area (Å²) in [5.74, 6) is -4.97. The zero-order chi connectivity index (χ0) is 23.4. The Hall–Kier alpha value is -2.88. The van der Waals surface area contributed by atoms with E-state index in [1.54, 1.807) is 34.5 Å². The highest BCUT2D eigenvalue weighted by atomic mass is 19.2. The number of amides is 2. The minimum Gasteiger partial charge on any atom is -0.390 e. The van der Waals surface area contributed by atoms with Crippen LogP contribution in [0, 0.1) is 23.4 Å². The number of rotatable bonds is 4. The normalized spacial score (nSPS) is 21.3. The molecule has 1 saturated heterocycles. The van der Waals surface area contributed by atoms with Gasteiger partial charge in [-0.15, -0.1) is 0 Å². The lowest BCUT2D eigenvalue weighted by atomic mass is 9.90. The molecule has 2 atom stereocenters. The topological polar surface area (TPSA) is 78.7 Å². The Morgan fingerprint density at radius 3 is 2.47 bits per heavy atom. The number of carbonyl (C=O) groups excluding carboxylic acids is 2. The number of fused-ring (bicyclic) bond motifs is 1. The van der Waals surface area contributed by atoms with Crippen LogP contribution in [-0.4, -0.2) is 49.8 Å². The number of anilines is 1. The van der Waals surface area contributed by atoms with Gasteiger partial charge in [0.1, 0.15) is 0 Å². The minimum atomic E-state index is -1.57. The minimum absolute atomic E-state index is 0.0423. The number of hydrogen-bond donors (Lipinski definition) is 1. The third-order valence-corrected chi connectivity index (χ3v) is 6.35. The Bertz CT molecular complexity index is 1060. The second-order valence-electron chi connectivity index (χ2n) is 9.14. The molecule has 1 unspecified atom stereocenters. The van der Waals surface area contributed by atoms with Crippen LogP contribution in [-0.2, 0) is 29.1 Å². The van der Waals surface area contributed by atoms with Crippen LogP contribution in [0.5, 0.6) is 0 Å². The summed E-state index contributed by atoms with van der Waals surface area (Å²) in [6, 6.07) is 1.40. The van der Waals surface area contributed by atoms with Crippen LogP contribution in [0.15, 0.2) is 18.3 Å². The van der Waals surface area contributed by atoms with Crippen LogP contribution in [0.3, 0.4) is 0 Å². The highest BCUT2D eigenvalue weighted by Crippen LogP contribution is 2.35. The molecule has 4 rings (SSSR count). The number of benzene rings is 1. The molecule has 0 aliphatic carbocycles. The van der Waals surface area contributed by atoms with Gasteiger partial charge in [0.05, 0.1) is 42.7 Å². The molecule has 1 N–H and O–H groups in total. The third-order valence-electron chi connectivity index (χ3n) is 6.35. The standard InChI is InChI=1S/C22H25F3N4O3/c1-12-9-29-18(17(8-26-29)28-10-14(7-20(28)31)22(2,3)32)11-27(12)19(30)6-13-4-15(23)21(25)16(24)5-13/h4-5,8,12,14,32H,6-7,9-11H2,1-3H3/t12-,14?/m0/s1. The average Bonchev–Trinajstić information content (AvgIpc) is 3.27. The maximum Gasteiger partial charge on any atom is 0.227 e. The van der Waals surface area contributed by atoms with Gasteiger partial charge in [-0.3, -0.25) is 14.3 Å². The number of aliphatic hydroxyl groups is 1. The van der Waals surface area contributed by atoms with Crippen molar-refractivity contribution in [3.05, 3.63) is 47.0 Å². The summed E-state index contributed by atoms with van der Waals surface area (Å²) in [5, 5.41) is 14.7. The van der Waals surface area contributed by atoms with Gasteiger partial charge in [-0.05, 0) is 38.5 Å². The van der Waals surface area contributed by atoms with E-state index in [4.69, 9.17) is 0 Å². The lowest BCUT2D eigenvalue weighted by molar-refractivity contribution is -0.134. The van der Waals surface area contributed by atoms with Crippen molar-refractivity contribution >= 4 is 17.5 Å². The maximum absolute atomic E-state index is 13.5. The van der Waals surface area contributed by atoms with Crippen LogP contribution < -0.4 is 4.90 Å². The van der Waals surface area contributed by atoms with Crippen molar-refractivity contribution in [3.63, 3.8) is 0 Å². The van der Waals surface area contributed by atoms with E-state index in [0.717, 1.165) is 12.1 Å². The highest BCUT2D eigenvalue weighted by molar-refractivity contribution is 5.96. The van der Waals surface area contributed by atoms with Crippen molar-refractivity contribution in [1.29, 1.82) is 0 Å². The molecule has 2 amide bonds. The molecule has 1 fully saturated rings. The predicted octanol–water partition coefficient (Wildman–Crippen LogP) is 2.40. The molecule has 2 aliphatic heterocycles. The second kappa shape index (κ2) is 7.91. The van der Waals surface area contributed by atoms with E-state index in [1.807, 2.05) is 6.92 Å². The molecule has 32 heavy (non-hydrogen) atoms.